The molecule has 9 nitrogen and oxygen atoms in total. The minimum absolute atomic E-state index is 0.0358. The van der Waals surface area contributed by atoms with Gasteiger partial charge in [0, 0.05) is 38.3 Å². The molecule has 0 radical (unpaired) electrons. The number of carbonyl (C=O) groups excluding carboxylic acids is 2. The number of sulfonamides is 1. The zero-order valence-corrected chi connectivity index (χ0v) is 16.9. The predicted molar refractivity (Wildman–Crippen MR) is 103 cm³/mol. The molecule has 1 fully saturated rings. The third-order valence-corrected chi connectivity index (χ3v) is 6.70. The number of carbonyl (C=O) groups is 2. The van der Waals surface area contributed by atoms with Crippen LogP contribution in [0.15, 0.2) is 24.3 Å². The number of ether oxygens (including phenoxy) is 1. The summed E-state index contributed by atoms with van der Waals surface area (Å²) in [5, 5.41) is 12.0. The number of phenols is 1. The van der Waals surface area contributed by atoms with Gasteiger partial charge in [-0.25, -0.2) is 8.42 Å². The first-order chi connectivity index (χ1) is 13.3. The number of methoxy groups -OCH3 is 1. The quantitative estimate of drug-likeness (QED) is 0.577. The Bertz CT molecular complexity index is 773. The van der Waals surface area contributed by atoms with E-state index in [1.807, 2.05) is 11.8 Å². The number of esters is 1. The molecule has 1 aliphatic heterocycles. The molecule has 1 amide bonds. The molecule has 0 saturated carbocycles. The van der Waals surface area contributed by atoms with Crippen LogP contribution in [0, 0.1) is 0 Å². The Hall–Kier alpha value is -2.17. The van der Waals surface area contributed by atoms with Crippen molar-refractivity contribution in [1.29, 1.82) is 0 Å². The van der Waals surface area contributed by atoms with E-state index in [4.69, 9.17) is 4.74 Å². The molecule has 0 spiro atoms. The van der Waals surface area contributed by atoms with Crippen LogP contribution in [0.3, 0.4) is 0 Å². The zero-order valence-electron chi connectivity index (χ0n) is 16.1. The van der Waals surface area contributed by atoms with Crippen molar-refractivity contribution in [2.45, 2.75) is 19.4 Å². The summed E-state index contributed by atoms with van der Waals surface area (Å²) in [4.78, 5) is 26.3. The summed E-state index contributed by atoms with van der Waals surface area (Å²) < 4.78 is 30.7. The van der Waals surface area contributed by atoms with Crippen molar-refractivity contribution in [3.63, 3.8) is 0 Å². The van der Waals surface area contributed by atoms with E-state index in [1.165, 1.54) is 35.7 Å². The molecule has 0 bridgehead atoms. The van der Waals surface area contributed by atoms with Crippen LogP contribution in [0.4, 0.5) is 0 Å². The van der Waals surface area contributed by atoms with Crippen LogP contribution in [0.5, 0.6) is 5.75 Å². The van der Waals surface area contributed by atoms with Gasteiger partial charge in [-0.2, -0.15) is 4.31 Å². The Morgan fingerprint density at radius 3 is 2.32 bits per heavy atom. The van der Waals surface area contributed by atoms with Gasteiger partial charge in [-0.15, -0.1) is 0 Å². The Morgan fingerprint density at radius 2 is 1.79 bits per heavy atom. The van der Waals surface area contributed by atoms with E-state index in [0.717, 1.165) is 0 Å². The van der Waals surface area contributed by atoms with Crippen LogP contribution in [0.2, 0.25) is 0 Å². The van der Waals surface area contributed by atoms with Crippen molar-refractivity contribution in [3.05, 3.63) is 29.8 Å². The highest BCUT2D eigenvalue weighted by Gasteiger charge is 2.33. The second-order valence-corrected chi connectivity index (χ2v) is 8.64. The Balaban J connectivity index is 1.98. The van der Waals surface area contributed by atoms with E-state index < -0.39 is 22.0 Å². The molecule has 28 heavy (non-hydrogen) atoms. The second kappa shape index (κ2) is 9.85. The minimum atomic E-state index is -3.27. The Morgan fingerprint density at radius 1 is 1.18 bits per heavy atom. The maximum absolute atomic E-state index is 12.3. The van der Waals surface area contributed by atoms with Gasteiger partial charge < -0.3 is 15.2 Å². The molecule has 1 aromatic carbocycles. The molecule has 2 rings (SSSR count). The fourth-order valence-corrected chi connectivity index (χ4v) is 4.58. The summed E-state index contributed by atoms with van der Waals surface area (Å²) in [6.07, 6.45) is 0.552. The van der Waals surface area contributed by atoms with Gasteiger partial charge >= 0.3 is 5.97 Å². The van der Waals surface area contributed by atoms with Gasteiger partial charge in [-0.3, -0.25) is 14.5 Å². The number of rotatable bonds is 8. The number of phenolic OH excluding ortho intramolecular Hbond substituents is 1. The summed E-state index contributed by atoms with van der Waals surface area (Å²) in [6, 6.07) is 5.07. The number of amides is 1. The van der Waals surface area contributed by atoms with E-state index in [1.54, 1.807) is 0 Å². The lowest BCUT2D eigenvalue weighted by molar-refractivity contribution is -0.147. The Kier molecular flexibility index (Phi) is 7.78. The minimum Gasteiger partial charge on any atom is -0.508 e. The highest BCUT2D eigenvalue weighted by Crippen LogP contribution is 2.13. The predicted octanol–water partition coefficient (Wildman–Crippen LogP) is 0.0210. The summed E-state index contributed by atoms with van der Waals surface area (Å²) in [6.45, 7) is 3.19. The lowest BCUT2D eigenvalue weighted by atomic mass is 10.1. The van der Waals surface area contributed by atoms with E-state index >= 15 is 0 Å². The first kappa shape index (κ1) is 22.1. The topological polar surface area (TPSA) is 116 Å². The lowest BCUT2D eigenvalue weighted by Crippen LogP contribution is -2.57. The van der Waals surface area contributed by atoms with Crippen LogP contribution in [-0.4, -0.2) is 86.2 Å². The Labute approximate surface area is 165 Å². The standard InChI is InChI=1S/C18H27N3O6S/c1-3-12-28(25,26)21-10-8-20(9-11-21)16(18(24)27-2)13-19-17(23)14-4-6-15(22)7-5-14/h4-7,16,22H,3,8-13H2,1-2H3,(H,19,23). The van der Waals surface area contributed by atoms with Gasteiger partial charge in [0.25, 0.3) is 5.91 Å². The maximum Gasteiger partial charge on any atom is 0.324 e. The summed E-state index contributed by atoms with van der Waals surface area (Å²) >= 11 is 0. The van der Waals surface area contributed by atoms with Gasteiger partial charge in [-0.05, 0) is 30.7 Å². The van der Waals surface area contributed by atoms with Crippen LogP contribution in [0.25, 0.3) is 0 Å². The molecule has 2 N–H and O–H groups in total. The fraction of sp³-hybridized carbons (Fsp3) is 0.556. The molecule has 10 heteroatoms. The van der Waals surface area contributed by atoms with Gasteiger partial charge in [0.1, 0.15) is 11.8 Å². The first-order valence-electron chi connectivity index (χ1n) is 9.15. The largest absolute Gasteiger partial charge is 0.508 e. The van der Waals surface area contributed by atoms with Crippen molar-refractivity contribution < 1.29 is 27.9 Å². The third kappa shape index (κ3) is 5.66. The fourth-order valence-electron chi connectivity index (χ4n) is 3.08. The molecule has 0 aliphatic carbocycles. The maximum atomic E-state index is 12.3. The van der Waals surface area contributed by atoms with E-state index in [-0.39, 0.29) is 24.0 Å². The zero-order chi connectivity index (χ0) is 20.7. The molecular formula is C18H27N3O6S. The van der Waals surface area contributed by atoms with E-state index in [0.29, 0.717) is 38.2 Å². The number of nitrogens with zero attached hydrogens (tertiary/aromatic N) is 2. The average molecular weight is 413 g/mol. The van der Waals surface area contributed by atoms with Crippen molar-refractivity contribution >= 4 is 21.9 Å². The van der Waals surface area contributed by atoms with Crippen LogP contribution in [-0.2, 0) is 19.6 Å². The van der Waals surface area contributed by atoms with Gasteiger partial charge in [0.05, 0.1) is 12.9 Å². The number of nitrogens with one attached hydrogen (secondary N) is 1. The van der Waals surface area contributed by atoms with Gasteiger partial charge in [0.15, 0.2) is 0 Å². The van der Waals surface area contributed by atoms with Crippen LogP contribution >= 0.6 is 0 Å². The number of hydrogen-bond donors (Lipinski definition) is 2. The monoisotopic (exact) mass is 413 g/mol. The van der Waals surface area contributed by atoms with Crippen molar-refractivity contribution in [2.75, 3.05) is 45.6 Å². The van der Waals surface area contributed by atoms with Crippen molar-refractivity contribution in [3.8, 4) is 5.75 Å². The number of aromatic hydroxyl groups is 1. The molecule has 1 aliphatic rings. The summed E-state index contributed by atoms with van der Waals surface area (Å²) in [5.74, 6) is -0.704. The molecule has 1 unspecified atom stereocenters. The van der Waals surface area contributed by atoms with Crippen LogP contribution in [0.1, 0.15) is 23.7 Å². The normalized spacial score (nSPS) is 17.1. The molecule has 1 atom stereocenters. The summed E-state index contributed by atoms with van der Waals surface area (Å²) in [7, 11) is -2.00. The third-order valence-electron chi connectivity index (χ3n) is 4.63. The SMILES string of the molecule is CCCS(=O)(=O)N1CCN(C(CNC(=O)c2ccc(O)cc2)C(=O)OC)CC1. The highest BCUT2D eigenvalue weighted by molar-refractivity contribution is 7.89. The molecule has 156 valence electrons. The average Bonchev–Trinajstić information content (AvgIpc) is 2.68. The number of piperazine rings is 1. The van der Waals surface area contributed by atoms with Gasteiger partial charge in [0.2, 0.25) is 10.0 Å². The first-order valence-corrected chi connectivity index (χ1v) is 10.8. The number of benzene rings is 1. The smallest absolute Gasteiger partial charge is 0.324 e. The van der Waals surface area contributed by atoms with Crippen molar-refractivity contribution in [1.82, 2.24) is 14.5 Å². The van der Waals surface area contributed by atoms with Crippen LogP contribution < -0.4 is 5.32 Å². The highest BCUT2D eigenvalue weighted by atomic mass is 32.2. The van der Waals surface area contributed by atoms with E-state index in [2.05, 4.69) is 5.32 Å². The molecule has 1 aromatic rings. The van der Waals surface area contributed by atoms with E-state index in [9.17, 15) is 23.1 Å². The van der Waals surface area contributed by atoms with Crippen molar-refractivity contribution in [2.24, 2.45) is 0 Å². The number of hydrogen-bond acceptors (Lipinski definition) is 7. The molecule has 1 heterocycles. The lowest BCUT2D eigenvalue weighted by Gasteiger charge is -2.37. The summed E-state index contributed by atoms with van der Waals surface area (Å²) in [5.41, 5.74) is 0.358. The molecular weight excluding hydrogens is 386 g/mol. The van der Waals surface area contributed by atoms with Gasteiger partial charge in [-0.1, -0.05) is 6.92 Å². The second-order valence-electron chi connectivity index (χ2n) is 6.55. The molecule has 0 aromatic heterocycles. The molecule has 1 saturated heterocycles.